The Hall–Kier alpha value is -1.85. The van der Waals surface area contributed by atoms with Crippen LogP contribution in [0.25, 0.3) is 0 Å². The predicted octanol–water partition coefficient (Wildman–Crippen LogP) is 2.73. The van der Waals surface area contributed by atoms with E-state index in [0.29, 0.717) is 5.75 Å². The Morgan fingerprint density at radius 3 is 2.48 bits per heavy atom. The summed E-state index contributed by atoms with van der Waals surface area (Å²) in [5, 5.41) is 12.4. The number of carbonyl (C=O) groups excluding carboxylic acids is 1. The summed E-state index contributed by atoms with van der Waals surface area (Å²) in [4.78, 5) is 16.0. The molecule has 0 bridgehead atoms. The van der Waals surface area contributed by atoms with Crippen molar-refractivity contribution < 1.29 is 9.90 Å². The summed E-state index contributed by atoms with van der Waals surface area (Å²) in [7, 11) is 0. The van der Waals surface area contributed by atoms with Gasteiger partial charge in [0.1, 0.15) is 0 Å². The maximum absolute atomic E-state index is 12.0. The first-order valence-corrected chi connectivity index (χ1v) is 8.84. The summed E-state index contributed by atoms with van der Waals surface area (Å²) in [6.07, 6.45) is 4.47. The molecule has 1 aromatic carbocycles. The van der Waals surface area contributed by atoms with Crippen molar-refractivity contribution in [2.45, 2.75) is 25.1 Å². The van der Waals surface area contributed by atoms with Crippen LogP contribution in [0.5, 0.6) is 0 Å². The summed E-state index contributed by atoms with van der Waals surface area (Å²) in [5.74, 6) is 1.07. The molecular formula is C18H22N2O2S. The van der Waals surface area contributed by atoms with Crippen molar-refractivity contribution in [1.29, 1.82) is 0 Å². The third kappa shape index (κ3) is 5.69. The molecule has 1 heterocycles. The third-order valence-corrected chi connectivity index (χ3v) is 4.56. The van der Waals surface area contributed by atoms with Crippen LogP contribution < -0.4 is 5.32 Å². The van der Waals surface area contributed by atoms with Crippen LogP contribution in [0.3, 0.4) is 0 Å². The van der Waals surface area contributed by atoms with Crippen LogP contribution in [0.1, 0.15) is 29.7 Å². The molecule has 1 unspecified atom stereocenters. The number of nitrogens with one attached hydrogen (secondary N) is 1. The Bertz CT molecular complexity index is 602. The smallest absolute Gasteiger partial charge is 0.230 e. The number of aryl methyl sites for hydroxylation is 1. The van der Waals surface area contributed by atoms with E-state index in [1.165, 1.54) is 5.56 Å². The van der Waals surface area contributed by atoms with E-state index in [1.807, 2.05) is 36.4 Å². The Morgan fingerprint density at radius 2 is 1.87 bits per heavy atom. The number of aliphatic hydroxyl groups is 1. The standard InChI is InChI=1S/C18H22N2O2S/c1-2-14-3-5-16(6-4-14)17(11-21)20-18(22)13-23-12-15-7-9-19-10-8-15/h3-10,17,21H,2,11-13H2,1H3,(H,20,22). The molecule has 4 nitrogen and oxygen atoms in total. The fourth-order valence-electron chi connectivity index (χ4n) is 2.20. The molecule has 0 aliphatic carbocycles. The van der Waals surface area contributed by atoms with E-state index in [-0.39, 0.29) is 18.6 Å². The third-order valence-electron chi connectivity index (χ3n) is 3.56. The normalized spacial score (nSPS) is 11.9. The van der Waals surface area contributed by atoms with Crippen molar-refractivity contribution in [1.82, 2.24) is 10.3 Å². The van der Waals surface area contributed by atoms with Gasteiger partial charge in [-0.25, -0.2) is 0 Å². The van der Waals surface area contributed by atoms with Gasteiger partial charge in [-0.3, -0.25) is 9.78 Å². The summed E-state index contributed by atoms with van der Waals surface area (Å²) in [6.45, 7) is 1.99. The van der Waals surface area contributed by atoms with E-state index in [1.54, 1.807) is 24.2 Å². The van der Waals surface area contributed by atoms with Crippen LogP contribution in [0.2, 0.25) is 0 Å². The molecule has 0 aliphatic rings. The topological polar surface area (TPSA) is 62.2 Å². The van der Waals surface area contributed by atoms with E-state index in [0.717, 1.165) is 23.3 Å². The number of aromatic nitrogens is 1. The van der Waals surface area contributed by atoms with Gasteiger partial charge in [0.05, 0.1) is 18.4 Å². The molecule has 2 rings (SSSR count). The number of benzene rings is 1. The highest BCUT2D eigenvalue weighted by molar-refractivity contribution is 7.99. The zero-order chi connectivity index (χ0) is 16.5. The first-order chi connectivity index (χ1) is 11.2. The first kappa shape index (κ1) is 17.5. The number of hydrogen-bond acceptors (Lipinski definition) is 4. The van der Waals surface area contributed by atoms with E-state index < -0.39 is 0 Å². The fraction of sp³-hybridized carbons (Fsp3) is 0.333. The average Bonchev–Trinajstić information content (AvgIpc) is 2.61. The van der Waals surface area contributed by atoms with Gasteiger partial charge in [0, 0.05) is 18.1 Å². The number of rotatable bonds is 8. The highest BCUT2D eigenvalue weighted by atomic mass is 32.2. The van der Waals surface area contributed by atoms with Gasteiger partial charge in [-0.1, -0.05) is 31.2 Å². The largest absolute Gasteiger partial charge is 0.394 e. The number of nitrogens with zero attached hydrogens (tertiary/aromatic N) is 1. The highest BCUT2D eigenvalue weighted by Gasteiger charge is 2.13. The van der Waals surface area contributed by atoms with Crippen molar-refractivity contribution in [2.24, 2.45) is 0 Å². The first-order valence-electron chi connectivity index (χ1n) is 7.68. The van der Waals surface area contributed by atoms with Gasteiger partial charge in [0.25, 0.3) is 0 Å². The molecule has 0 spiro atoms. The number of amides is 1. The van der Waals surface area contributed by atoms with Gasteiger partial charge >= 0.3 is 0 Å². The fourth-order valence-corrected chi connectivity index (χ4v) is 3.00. The molecule has 23 heavy (non-hydrogen) atoms. The molecule has 5 heteroatoms. The lowest BCUT2D eigenvalue weighted by atomic mass is 10.0. The van der Waals surface area contributed by atoms with Gasteiger partial charge in [-0.15, -0.1) is 11.8 Å². The molecule has 122 valence electrons. The predicted molar refractivity (Wildman–Crippen MR) is 94.2 cm³/mol. The quantitative estimate of drug-likeness (QED) is 0.781. The second kappa shape index (κ2) is 9.33. The molecular weight excluding hydrogens is 308 g/mol. The summed E-state index contributed by atoms with van der Waals surface area (Å²) in [5.41, 5.74) is 3.31. The molecule has 0 saturated heterocycles. The lowest BCUT2D eigenvalue weighted by Gasteiger charge is -2.17. The minimum absolute atomic E-state index is 0.0670. The molecule has 2 N–H and O–H groups in total. The van der Waals surface area contributed by atoms with Gasteiger partial charge in [-0.05, 0) is 35.2 Å². The Morgan fingerprint density at radius 1 is 1.17 bits per heavy atom. The van der Waals surface area contributed by atoms with Crippen LogP contribution in [0.4, 0.5) is 0 Å². The highest BCUT2D eigenvalue weighted by Crippen LogP contribution is 2.15. The van der Waals surface area contributed by atoms with Crippen LogP contribution in [0.15, 0.2) is 48.8 Å². The monoisotopic (exact) mass is 330 g/mol. The van der Waals surface area contributed by atoms with Crippen LogP contribution >= 0.6 is 11.8 Å². The molecule has 0 radical (unpaired) electrons. The maximum Gasteiger partial charge on any atom is 0.230 e. The Kier molecular flexibility index (Phi) is 7.10. The van der Waals surface area contributed by atoms with Gasteiger partial charge in [0.15, 0.2) is 0 Å². The Labute approximate surface area is 141 Å². The minimum atomic E-state index is -0.352. The van der Waals surface area contributed by atoms with Crippen molar-refractivity contribution in [2.75, 3.05) is 12.4 Å². The molecule has 1 aromatic heterocycles. The minimum Gasteiger partial charge on any atom is -0.394 e. The Balaban J connectivity index is 1.82. The van der Waals surface area contributed by atoms with Crippen molar-refractivity contribution in [3.63, 3.8) is 0 Å². The van der Waals surface area contributed by atoms with E-state index >= 15 is 0 Å². The molecule has 1 amide bonds. The zero-order valence-electron chi connectivity index (χ0n) is 13.2. The molecule has 0 fully saturated rings. The van der Waals surface area contributed by atoms with Crippen LogP contribution in [0, 0.1) is 0 Å². The van der Waals surface area contributed by atoms with Crippen molar-refractivity contribution in [3.05, 3.63) is 65.5 Å². The lowest BCUT2D eigenvalue weighted by Crippen LogP contribution is -2.32. The second-order valence-electron chi connectivity index (χ2n) is 5.25. The summed E-state index contributed by atoms with van der Waals surface area (Å²) >= 11 is 1.55. The van der Waals surface area contributed by atoms with Crippen LogP contribution in [-0.2, 0) is 17.0 Å². The number of hydrogen-bond donors (Lipinski definition) is 2. The SMILES string of the molecule is CCc1ccc(C(CO)NC(=O)CSCc2ccncc2)cc1. The maximum atomic E-state index is 12.0. The molecule has 0 aliphatic heterocycles. The summed E-state index contributed by atoms with van der Waals surface area (Å²) < 4.78 is 0. The number of aliphatic hydroxyl groups excluding tert-OH is 1. The lowest BCUT2D eigenvalue weighted by molar-refractivity contribution is -0.119. The second-order valence-corrected chi connectivity index (χ2v) is 6.23. The van der Waals surface area contributed by atoms with Crippen molar-refractivity contribution >= 4 is 17.7 Å². The van der Waals surface area contributed by atoms with Gasteiger partial charge in [0.2, 0.25) is 5.91 Å². The van der Waals surface area contributed by atoms with Crippen LogP contribution in [-0.4, -0.2) is 28.4 Å². The van der Waals surface area contributed by atoms with Gasteiger partial charge < -0.3 is 10.4 Å². The zero-order valence-corrected chi connectivity index (χ0v) is 14.1. The average molecular weight is 330 g/mol. The van der Waals surface area contributed by atoms with E-state index in [4.69, 9.17) is 0 Å². The molecule has 1 atom stereocenters. The van der Waals surface area contributed by atoms with Gasteiger partial charge in [-0.2, -0.15) is 0 Å². The van der Waals surface area contributed by atoms with E-state index in [9.17, 15) is 9.90 Å². The number of thioether (sulfide) groups is 1. The molecule has 2 aromatic rings. The van der Waals surface area contributed by atoms with Crippen molar-refractivity contribution in [3.8, 4) is 0 Å². The summed E-state index contributed by atoms with van der Waals surface area (Å²) in [6, 6.07) is 11.5. The van der Waals surface area contributed by atoms with E-state index in [2.05, 4.69) is 17.2 Å². The number of pyridine rings is 1. The number of carbonyl (C=O) groups is 1. The molecule has 0 saturated carbocycles.